The van der Waals surface area contributed by atoms with E-state index < -0.39 is 0 Å². The average Bonchev–Trinajstić information content (AvgIpc) is 2.66. The first kappa shape index (κ1) is 13.9. The highest BCUT2D eigenvalue weighted by Crippen LogP contribution is 2.35. The van der Waals surface area contributed by atoms with E-state index in [1.807, 2.05) is 0 Å². The van der Waals surface area contributed by atoms with Gasteiger partial charge in [-0.3, -0.25) is 4.90 Å². The molecule has 2 heterocycles. The molecule has 0 amide bonds. The minimum absolute atomic E-state index is 0.0799. The molecule has 0 saturated carbocycles. The maximum absolute atomic E-state index is 9.82. The lowest BCUT2D eigenvalue weighted by Crippen LogP contribution is -2.46. The summed E-state index contributed by atoms with van der Waals surface area (Å²) in [6, 6.07) is 7.50. The molecule has 2 bridgehead atoms. The van der Waals surface area contributed by atoms with Crippen LogP contribution in [-0.4, -0.2) is 41.3 Å². The molecule has 110 valence electrons. The van der Waals surface area contributed by atoms with Crippen LogP contribution in [0.5, 0.6) is 5.75 Å². The van der Waals surface area contributed by atoms with Crippen molar-refractivity contribution in [2.24, 2.45) is 0 Å². The van der Waals surface area contributed by atoms with Crippen LogP contribution in [0.4, 0.5) is 0 Å². The Kier molecular flexibility index (Phi) is 3.99. The number of hydrogen-bond donors (Lipinski definition) is 1. The van der Waals surface area contributed by atoms with E-state index >= 15 is 0 Å². The fourth-order valence-corrected chi connectivity index (χ4v) is 3.73. The zero-order valence-corrected chi connectivity index (χ0v) is 12.5. The van der Waals surface area contributed by atoms with Crippen LogP contribution in [0.2, 0.25) is 0 Å². The van der Waals surface area contributed by atoms with E-state index in [1.54, 1.807) is 0 Å². The molecule has 3 nitrogen and oxygen atoms in total. The molecule has 0 aromatic heterocycles. The number of ether oxygens (including phenoxy) is 1. The quantitative estimate of drug-likeness (QED) is 0.917. The van der Waals surface area contributed by atoms with Gasteiger partial charge in [-0.05, 0) is 56.7 Å². The van der Waals surface area contributed by atoms with Gasteiger partial charge < -0.3 is 9.84 Å². The van der Waals surface area contributed by atoms with Crippen molar-refractivity contribution in [1.29, 1.82) is 0 Å². The number of hydrogen-bond acceptors (Lipinski definition) is 3. The summed E-state index contributed by atoms with van der Waals surface area (Å²) < 4.78 is 5.97. The predicted molar refractivity (Wildman–Crippen MR) is 80.2 cm³/mol. The summed E-state index contributed by atoms with van der Waals surface area (Å²) in [7, 11) is 0. The molecule has 2 atom stereocenters. The molecule has 3 rings (SSSR count). The van der Waals surface area contributed by atoms with Crippen LogP contribution >= 0.6 is 0 Å². The Balaban J connectivity index is 1.54. The van der Waals surface area contributed by atoms with Gasteiger partial charge in [0, 0.05) is 18.6 Å². The summed E-state index contributed by atoms with van der Waals surface area (Å²) in [5.74, 6) is 1.01. The molecule has 3 heteroatoms. The van der Waals surface area contributed by atoms with E-state index in [0.29, 0.717) is 12.1 Å². The number of aliphatic hydroxyl groups excluding tert-OH is 1. The van der Waals surface area contributed by atoms with Crippen LogP contribution in [0, 0.1) is 13.8 Å². The Morgan fingerprint density at radius 3 is 2.60 bits per heavy atom. The molecule has 2 saturated heterocycles. The number of fused-ring (bicyclic) bond motifs is 2. The Hall–Kier alpha value is -1.06. The fraction of sp³-hybridized carbons (Fsp3) is 0.647. The maximum atomic E-state index is 9.82. The van der Waals surface area contributed by atoms with Gasteiger partial charge >= 0.3 is 0 Å². The standard InChI is InChI=1S/C17H25NO2/c1-12-3-4-13(2)17(9-12)20-8-7-18-14-5-6-15(18)11-16(19)10-14/h3-4,9,14-16,19H,5-8,10-11H2,1-2H3. The third-order valence-electron chi connectivity index (χ3n) is 4.81. The van der Waals surface area contributed by atoms with Crippen molar-refractivity contribution in [2.75, 3.05) is 13.2 Å². The predicted octanol–water partition coefficient (Wildman–Crippen LogP) is 2.67. The van der Waals surface area contributed by atoms with Crippen LogP contribution in [0.1, 0.15) is 36.8 Å². The first-order chi connectivity index (χ1) is 9.63. The lowest BCUT2D eigenvalue weighted by Gasteiger charge is -2.37. The summed E-state index contributed by atoms with van der Waals surface area (Å²) in [5.41, 5.74) is 2.44. The van der Waals surface area contributed by atoms with Gasteiger partial charge in [0.15, 0.2) is 0 Å². The van der Waals surface area contributed by atoms with Crippen molar-refractivity contribution in [3.05, 3.63) is 29.3 Å². The topological polar surface area (TPSA) is 32.7 Å². The van der Waals surface area contributed by atoms with Gasteiger partial charge in [0.1, 0.15) is 12.4 Å². The zero-order valence-electron chi connectivity index (χ0n) is 12.5. The van der Waals surface area contributed by atoms with Gasteiger partial charge in [-0.25, -0.2) is 0 Å². The second-order valence-electron chi connectivity index (χ2n) is 6.37. The van der Waals surface area contributed by atoms with E-state index in [0.717, 1.165) is 31.7 Å². The van der Waals surface area contributed by atoms with E-state index in [1.165, 1.54) is 24.0 Å². The summed E-state index contributed by atoms with van der Waals surface area (Å²) in [6.45, 7) is 5.91. The van der Waals surface area contributed by atoms with Gasteiger partial charge in [-0.2, -0.15) is 0 Å². The Morgan fingerprint density at radius 1 is 1.20 bits per heavy atom. The molecule has 0 aliphatic carbocycles. The normalized spacial score (nSPS) is 29.6. The average molecular weight is 275 g/mol. The van der Waals surface area contributed by atoms with E-state index in [2.05, 4.69) is 36.9 Å². The lowest BCUT2D eigenvalue weighted by molar-refractivity contribution is 0.0287. The molecule has 2 fully saturated rings. The van der Waals surface area contributed by atoms with Crippen LogP contribution in [0.3, 0.4) is 0 Å². The smallest absolute Gasteiger partial charge is 0.122 e. The highest BCUT2D eigenvalue weighted by atomic mass is 16.5. The molecule has 1 aromatic carbocycles. The number of aryl methyl sites for hydroxylation is 2. The van der Waals surface area contributed by atoms with E-state index in [4.69, 9.17) is 4.74 Å². The van der Waals surface area contributed by atoms with E-state index in [-0.39, 0.29) is 6.10 Å². The molecule has 1 aromatic rings. The molecule has 2 aliphatic heterocycles. The lowest BCUT2D eigenvalue weighted by atomic mass is 10.0. The van der Waals surface area contributed by atoms with Crippen LogP contribution in [0.25, 0.3) is 0 Å². The summed E-state index contributed by atoms with van der Waals surface area (Å²) in [5, 5.41) is 9.82. The molecule has 0 radical (unpaired) electrons. The van der Waals surface area contributed by atoms with Crippen LogP contribution < -0.4 is 4.74 Å². The molecule has 2 unspecified atom stereocenters. The van der Waals surface area contributed by atoms with Crippen LogP contribution in [0.15, 0.2) is 18.2 Å². The van der Waals surface area contributed by atoms with Crippen molar-refractivity contribution in [2.45, 2.75) is 57.7 Å². The van der Waals surface area contributed by atoms with Gasteiger partial charge in [0.25, 0.3) is 0 Å². The molecule has 2 aliphatic rings. The number of nitrogens with zero attached hydrogens (tertiary/aromatic N) is 1. The Morgan fingerprint density at radius 2 is 1.90 bits per heavy atom. The molecular weight excluding hydrogens is 250 g/mol. The first-order valence-corrected chi connectivity index (χ1v) is 7.77. The number of benzene rings is 1. The largest absolute Gasteiger partial charge is 0.492 e. The van der Waals surface area contributed by atoms with Crippen molar-refractivity contribution in [1.82, 2.24) is 4.90 Å². The summed E-state index contributed by atoms with van der Waals surface area (Å²) >= 11 is 0. The second-order valence-corrected chi connectivity index (χ2v) is 6.37. The van der Waals surface area contributed by atoms with E-state index in [9.17, 15) is 5.11 Å². The van der Waals surface area contributed by atoms with Crippen molar-refractivity contribution in [3.8, 4) is 5.75 Å². The van der Waals surface area contributed by atoms with Gasteiger partial charge in [-0.1, -0.05) is 12.1 Å². The van der Waals surface area contributed by atoms with Gasteiger partial charge in [-0.15, -0.1) is 0 Å². The Bertz CT molecular complexity index is 460. The highest BCUT2D eigenvalue weighted by molar-refractivity contribution is 5.35. The molecule has 1 N–H and O–H groups in total. The minimum Gasteiger partial charge on any atom is -0.492 e. The monoisotopic (exact) mass is 275 g/mol. The number of piperidine rings is 1. The van der Waals surface area contributed by atoms with Gasteiger partial charge in [0.2, 0.25) is 0 Å². The van der Waals surface area contributed by atoms with Crippen molar-refractivity contribution >= 4 is 0 Å². The number of aliphatic hydroxyl groups is 1. The SMILES string of the molecule is Cc1ccc(C)c(OCCN2C3CCC2CC(O)C3)c1. The van der Waals surface area contributed by atoms with Crippen molar-refractivity contribution in [3.63, 3.8) is 0 Å². The molecule has 0 spiro atoms. The number of rotatable bonds is 4. The molecular formula is C17H25NO2. The minimum atomic E-state index is -0.0799. The zero-order chi connectivity index (χ0) is 14.1. The second kappa shape index (κ2) is 5.74. The first-order valence-electron chi connectivity index (χ1n) is 7.77. The highest BCUT2D eigenvalue weighted by Gasteiger charge is 2.39. The summed E-state index contributed by atoms with van der Waals surface area (Å²) in [6.07, 6.45) is 4.29. The van der Waals surface area contributed by atoms with Gasteiger partial charge in [0.05, 0.1) is 6.10 Å². The summed E-state index contributed by atoms with van der Waals surface area (Å²) in [4.78, 5) is 2.55. The van der Waals surface area contributed by atoms with Crippen LogP contribution in [-0.2, 0) is 0 Å². The fourth-order valence-electron chi connectivity index (χ4n) is 3.73. The Labute approximate surface area is 121 Å². The van der Waals surface area contributed by atoms with Crippen molar-refractivity contribution < 1.29 is 9.84 Å². The third kappa shape index (κ3) is 2.84. The maximum Gasteiger partial charge on any atom is 0.122 e. The third-order valence-corrected chi connectivity index (χ3v) is 4.81. The molecule has 20 heavy (non-hydrogen) atoms.